The Bertz CT molecular complexity index is 480. The van der Waals surface area contributed by atoms with Crippen LogP contribution in [0.2, 0.25) is 0 Å². The Kier molecular flexibility index (Phi) is 5.95. The van der Waals surface area contributed by atoms with Gasteiger partial charge in [0.25, 0.3) is 5.91 Å². The third-order valence-corrected chi connectivity index (χ3v) is 3.38. The number of nitrogens with zero attached hydrogens (tertiary/aromatic N) is 1. The highest BCUT2D eigenvalue weighted by molar-refractivity contribution is 9.10. The average molecular weight is 347 g/mol. The highest BCUT2D eigenvalue weighted by Gasteiger charge is 2.21. The minimum atomic E-state index is -0.503. The number of rotatable bonds is 6. The molecule has 0 aliphatic heterocycles. The molecule has 0 radical (unpaired) electrons. The maximum Gasteiger partial charge on any atom is 0.260 e. The first kappa shape index (κ1) is 16.9. The van der Waals surface area contributed by atoms with Crippen LogP contribution in [0.3, 0.4) is 0 Å². The van der Waals surface area contributed by atoms with Crippen molar-refractivity contribution in [2.75, 3.05) is 26.7 Å². The first-order valence-electron chi connectivity index (χ1n) is 6.27. The number of ether oxygens (including phenoxy) is 1. The number of halogens is 2. The van der Waals surface area contributed by atoms with Crippen LogP contribution in [0.5, 0.6) is 5.75 Å². The zero-order valence-corrected chi connectivity index (χ0v) is 13.5. The standard InChI is InChI=1S/C14H20BrFN2O2/c1-14(2,8-17)9-18(3)13(19)7-20-12-5-4-10(15)6-11(12)16/h4-6H,7-9,17H2,1-3H3. The SMILES string of the molecule is CN(CC(C)(C)CN)C(=O)COc1ccc(Br)cc1F. The molecule has 1 aromatic carbocycles. The Hall–Kier alpha value is -1.14. The fraction of sp³-hybridized carbons (Fsp3) is 0.500. The zero-order valence-electron chi connectivity index (χ0n) is 12.0. The predicted molar refractivity (Wildman–Crippen MR) is 80.1 cm³/mol. The fourth-order valence-corrected chi connectivity index (χ4v) is 1.97. The lowest BCUT2D eigenvalue weighted by Gasteiger charge is -2.29. The molecule has 4 nitrogen and oxygen atoms in total. The number of likely N-dealkylation sites (N-methyl/N-ethyl adjacent to an activating group) is 1. The van der Waals surface area contributed by atoms with Crippen molar-refractivity contribution >= 4 is 21.8 Å². The second-order valence-corrected chi connectivity index (χ2v) is 6.40. The summed E-state index contributed by atoms with van der Waals surface area (Å²) in [7, 11) is 1.68. The molecule has 20 heavy (non-hydrogen) atoms. The summed E-state index contributed by atoms with van der Waals surface area (Å²) < 4.78 is 19.4. The third-order valence-electron chi connectivity index (χ3n) is 2.89. The van der Waals surface area contributed by atoms with Crippen molar-refractivity contribution < 1.29 is 13.9 Å². The molecule has 0 aromatic heterocycles. The van der Waals surface area contributed by atoms with E-state index in [-0.39, 0.29) is 23.7 Å². The molecule has 1 aromatic rings. The number of amides is 1. The van der Waals surface area contributed by atoms with Gasteiger partial charge in [-0.25, -0.2) is 4.39 Å². The number of carbonyl (C=O) groups excluding carboxylic acids is 1. The number of hydrogen-bond donors (Lipinski definition) is 1. The molecule has 0 saturated carbocycles. The van der Waals surface area contributed by atoms with Crippen LogP contribution in [0.15, 0.2) is 22.7 Å². The van der Waals surface area contributed by atoms with E-state index in [1.807, 2.05) is 13.8 Å². The Balaban J connectivity index is 2.54. The van der Waals surface area contributed by atoms with Crippen molar-refractivity contribution in [1.29, 1.82) is 0 Å². The molecule has 0 unspecified atom stereocenters. The molecule has 0 spiro atoms. The van der Waals surface area contributed by atoms with Crippen molar-refractivity contribution in [2.24, 2.45) is 11.1 Å². The molecule has 2 N–H and O–H groups in total. The summed E-state index contributed by atoms with van der Waals surface area (Å²) in [5, 5.41) is 0. The number of hydrogen-bond acceptors (Lipinski definition) is 3. The van der Waals surface area contributed by atoms with Gasteiger partial charge in [-0.05, 0) is 30.2 Å². The van der Waals surface area contributed by atoms with E-state index in [9.17, 15) is 9.18 Å². The number of carbonyl (C=O) groups is 1. The van der Waals surface area contributed by atoms with E-state index in [1.165, 1.54) is 12.1 Å². The van der Waals surface area contributed by atoms with Gasteiger partial charge >= 0.3 is 0 Å². The maximum atomic E-state index is 13.5. The summed E-state index contributed by atoms with van der Waals surface area (Å²) in [6.07, 6.45) is 0. The number of benzene rings is 1. The van der Waals surface area contributed by atoms with E-state index in [1.54, 1.807) is 18.0 Å². The van der Waals surface area contributed by atoms with E-state index in [0.717, 1.165) is 0 Å². The van der Waals surface area contributed by atoms with Crippen molar-refractivity contribution in [3.8, 4) is 5.75 Å². The largest absolute Gasteiger partial charge is 0.481 e. The molecule has 1 rings (SSSR count). The molecule has 0 fully saturated rings. The highest BCUT2D eigenvalue weighted by atomic mass is 79.9. The molecule has 0 saturated heterocycles. The van der Waals surface area contributed by atoms with Crippen LogP contribution in [0, 0.1) is 11.2 Å². The van der Waals surface area contributed by atoms with Gasteiger partial charge in [0.1, 0.15) is 0 Å². The second kappa shape index (κ2) is 7.04. The quantitative estimate of drug-likeness (QED) is 0.860. The molecule has 6 heteroatoms. The van der Waals surface area contributed by atoms with E-state index in [4.69, 9.17) is 10.5 Å². The van der Waals surface area contributed by atoms with Crippen molar-refractivity contribution in [2.45, 2.75) is 13.8 Å². The van der Waals surface area contributed by atoms with Gasteiger partial charge in [-0.3, -0.25) is 4.79 Å². The van der Waals surface area contributed by atoms with Gasteiger partial charge in [0.2, 0.25) is 0 Å². The van der Waals surface area contributed by atoms with Crippen LogP contribution in [0.4, 0.5) is 4.39 Å². The normalized spacial score (nSPS) is 11.3. The van der Waals surface area contributed by atoms with Crippen LogP contribution in [0.1, 0.15) is 13.8 Å². The fourth-order valence-electron chi connectivity index (χ4n) is 1.64. The Labute approximate surface area is 127 Å². The monoisotopic (exact) mass is 346 g/mol. The summed E-state index contributed by atoms with van der Waals surface area (Å²) in [6, 6.07) is 4.43. The van der Waals surface area contributed by atoms with Gasteiger partial charge in [-0.2, -0.15) is 0 Å². The molecule has 0 bridgehead atoms. The highest BCUT2D eigenvalue weighted by Crippen LogP contribution is 2.21. The molecular formula is C14H20BrFN2O2. The van der Waals surface area contributed by atoms with Crippen molar-refractivity contribution in [3.05, 3.63) is 28.5 Å². The minimum Gasteiger partial charge on any atom is -0.481 e. The van der Waals surface area contributed by atoms with Crippen LogP contribution in [-0.4, -0.2) is 37.6 Å². The van der Waals surface area contributed by atoms with E-state index < -0.39 is 5.82 Å². The first-order chi connectivity index (χ1) is 9.25. The van der Waals surface area contributed by atoms with E-state index in [2.05, 4.69) is 15.9 Å². The molecule has 0 aliphatic carbocycles. The van der Waals surface area contributed by atoms with Gasteiger partial charge in [-0.15, -0.1) is 0 Å². The molecule has 112 valence electrons. The molecule has 0 heterocycles. The first-order valence-corrected chi connectivity index (χ1v) is 7.06. The third kappa shape index (κ3) is 5.09. The summed E-state index contributed by atoms with van der Waals surface area (Å²) in [5.74, 6) is -0.654. The van der Waals surface area contributed by atoms with Crippen molar-refractivity contribution in [3.63, 3.8) is 0 Å². The maximum absolute atomic E-state index is 13.5. The van der Waals surface area contributed by atoms with Crippen molar-refractivity contribution in [1.82, 2.24) is 4.90 Å². The van der Waals surface area contributed by atoms with Gasteiger partial charge in [0.15, 0.2) is 18.2 Å². The lowest BCUT2D eigenvalue weighted by atomic mass is 9.93. The van der Waals surface area contributed by atoms with Gasteiger partial charge in [0.05, 0.1) is 0 Å². The molecule has 0 atom stereocenters. The molecule has 0 aliphatic rings. The Morgan fingerprint density at radius 3 is 2.70 bits per heavy atom. The van der Waals surface area contributed by atoms with E-state index in [0.29, 0.717) is 17.6 Å². The van der Waals surface area contributed by atoms with Crippen LogP contribution >= 0.6 is 15.9 Å². The topological polar surface area (TPSA) is 55.6 Å². The lowest BCUT2D eigenvalue weighted by molar-refractivity contribution is -0.133. The summed E-state index contributed by atoms with van der Waals surface area (Å²) in [6.45, 7) is 4.76. The smallest absolute Gasteiger partial charge is 0.260 e. The predicted octanol–water partition coefficient (Wildman–Crippen LogP) is 2.41. The van der Waals surface area contributed by atoms with Gasteiger partial charge < -0.3 is 15.4 Å². The average Bonchev–Trinajstić information content (AvgIpc) is 2.36. The van der Waals surface area contributed by atoms with Crippen LogP contribution < -0.4 is 10.5 Å². The Morgan fingerprint density at radius 1 is 1.50 bits per heavy atom. The molecule has 1 amide bonds. The summed E-state index contributed by atoms with van der Waals surface area (Å²) in [5.41, 5.74) is 5.47. The Morgan fingerprint density at radius 2 is 2.15 bits per heavy atom. The summed E-state index contributed by atoms with van der Waals surface area (Å²) >= 11 is 3.16. The van der Waals surface area contributed by atoms with E-state index >= 15 is 0 Å². The second-order valence-electron chi connectivity index (χ2n) is 5.48. The molecular weight excluding hydrogens is 327 g/mol. The zero-order chi connectivity index (χ0) is 15.3. The lowest BCUT2D eigenvalue weighted by Crippen LogP contribution is -2.41. The number of nitrogens with two attached hydrogens (primary N) is 1. The van der Waals surface area contributed by atoms with Crippen LogP contribution in [-0.2, 0) is 4.79 Å². The van der Waals surface area contributed by atoms with Gasteiger partial charge in [-0.1, -0.05) is 29.8 Å². The van der Waals surface area contributed by atoms with Gasteiger partial charge in [0, 0.05) is 18.1 Å². The minimum absolute atomic E-state index is 0.0630. The van der Waals surface area contributed by atoms with Crippen LogP contribution in [0.25, 0.3) is 0 Å². The summed E-state index contributed by atoms with van der Waals surface area (Å²) in [4.78, 5) is 13.5.